The van der Waals surface area contributed by atoms with E-state index in [-0.39, 0.29) is 11.3 Å². The van der Waals surface area contributed by atoms with Crippen molar-refractivity contribution in [1.29, 1.82) is 0 Å². The zero-order valence-corrected chi connectivity index (χ0v) is 13.1. The van der Waals surface area contributed by atoms with Crippen molar-refractivity contribution in [2.24, 2.45) is 0 Å². The average Bonchev–Trinajstić information content (AvgIpc) is 2.82. The number of halogens is 2. The lowest BCUT2D eigenvalue weighted by atomic mass is 10.1. The first-order valence-electron chi connectivity index (χ1n) is 6.92. The van der Waals surface area contributed by atoms with E-state index in [0.29, 0.717) is 11.3 Å². The molecule has 0 aromatic heterocycles. The second-order valence-corrected chi connectivity index (χ2v) is 6.52. The number of carbonyl (C=O) groups is 1. The minimum Gasteiger partial charge on any atom is -0.295 e. The monoisotopic (exact) mass is 319 g/mol. The molecule has 1 saturated heterocycles. The molecule has 1 fully saturated rings. The fourth-order valence-corrected chi connectivity index (χ4v) is 3.87. The van der Waals surface area contributed by atoms with Crippen molar-refractivity contribution >= 4 is 23.4 Å². The number of amides is 1. The normalized spacial score (nSPS) is 18.1. The number of nitrogens with zero attached hydrogens (tertiary/aromatic N) is 1. The Morgan fingerprint density at radius 2 is 1.73 bits per heavy atom. The second-order valence-electron chi connectivity index (χ2n) is 5.45. The number of hydrogen-bond acceptors (Lipinski definition) is 2. The summed E-state index contributed by atoms with van der Waals surface area (Å²) >= 11 is 1.42. The van der Waals surface area contributed by atoms with Gasteiger partial charge in [0.2, 0.25) is 5.91 Å². The summed E-state index contributed by atoms with van der Waals surface area (Å²) in [6, 6.07) is 9.70. The van der Waals surface area contributed by atoms with Gasteiger partial charge in [-0.1, -0.05) is 12.1 Å². The van der Waals surface area contributed by atoms with Crippen LogP contribution in [0.3, 0.4) is 0 Å². The van der Waals surface area contributed by atoms with Crippen LogP contribution >= 0.6 is 11.8 Å². The van der Waals surface area contributed by atoms with E-state index in [1.165, 1.54) is 23.9 Å². The van der Waals surface area contributed by atoms with Gasteiger partial charge in [-0.2, -0.15) is 0 Å². The molecule has 1 aliphatic heterocycles. The summed E-state index contributed by atoms with van der Waals surface area (Å²) in [4.78, 5) is 13.9. The van der Waals surface area contributed by atoms with Gasteiger partial charge in [0.25, 0.3) is 0 Å². The van der Waals surface area contributed by atoms with Crippen LogP contribution in [0.1, 0.15) is 22.1 Å². The van der Waals surface area contributed by atoms with Crippen LogP contribution in [0, 0.1) is 25.5 Å². The van der Waals surface area contributed by atoms with Gasteiger partial charge in [-0.3, -0.25) is 9.69 Å². The molecule has 2 aromatic rings. The Bertz CT molecular complexity index is 727. The molecule has 1 heterocycles. The number of carbonyl (C=O) groups excluding carboxylic acids is 1. The van der Waals surface area contributed by atoms with Gasteiger partial charge in [-0.25, -0.2) is 8.78 Å². The fraction of sp³-hybridized carbons (Fsp3) is 0.235. The van der Waals surface area contributed by atoms with Crippen molar-refractivity contribution in [1.82, 2.24) is 0 Å². The maximum Gasteiger partial charge on any atom is 0.238 e. The van der Waals surface area contributed by atoms with Crippen LogP contribution in [0.15, 0.2) is 36.4 Å². The zero-order chi connectivity index (χ0) is 15.9. The molecule has 2 nitrogen and oxygen atoms in total. The molecule has 0 aliphatic carbocycles. The Morgan fingerprint density at radius 1 is 1.05 bits per heavy atom. The first kappa shape index (κ1) is 15.0. The highest BCUT2D eigenvalue weighted by Crippen LogP contribution is 2.42. The molecule has 1 amide bonds. The predicted octanol–water partition coefficient (Wildman–Crippen LogP) is 4.36. The van der Waals surface area contributed by atoms with Crippen molar-refractivity contribution in [3.05, 3.63) is 64.7 Å². The maximum absolute atomic E-state index is 13.5. The van der Waals surface area contributed by atoms with Crippen LogP contribution in [0.25, 0.3) is 0 Å². The first-order valence-corrected chi connectivity index (χ1v) is 7.97. The third-order valence-electron chi connectivity index (χ3n) is 3.58. The molecule has 0 radical (unpaired) electrons. The van der Waals surface area contributed by atoms with Gasteiger partial charge < -0.3 is 0 Å². The van der Waals surface area contributed by atoms with Crippen molar-refractivity contribution in [2.45, 2.75) is 19.2 Å². The zero-order valence-electron chi connectivity index (χ0n) is 12.3. The predicted molar refractivity (Wildman–Crippen MR) is 85.0 cm³/mol. The third kappa shape index (κ3) is 2.73. The van der Waals surface area contributed by atoms with Gasteiger partial charge in [-0.05, 0) is 54.8 Å². The van der Waals surface area contributed by atoms with E-state index in [9.17, 15) is 13.6 Å². The molecule has 0 unspecified atom stereocenters. The van der Waals surface area contributed by atoms with Crippen LogP contribution in [0.4, 0.5) is 14.5 Å². The summed E-state index contributed by atoms with van der Waals surface area (Å²) in [7, 11) is 0. The average molecular weight is 319 g/mol. The molecule has 114 valence electrons. The van der Waals surface area contributed by atoms with Crippen LogP contribution in [-0.2, 0) is 4.79 Å². The highest BCUT2D eigenvalue weighted by atomic mass is 32.2. The van der Waals surface area contributed by atoms with Crippen molar-refractivity contribution < 1.29 is 13.6 Å². The molecule has 1 atom stereocenters. The highest BCUT2D eigenvalue weighted by Gasteiger charge is 2.34. The van der Waals surface area contributed by atoms with Crippen LogP contribution in [-0.4, -0.2) is 11.7 Å². The number of aryl methyl sites for hydroxylation is 2. The molecule has 0 saturated carbocycles. The number of benzene rings is 2. The second kappa shape index (κ2) is 5.72. The standard InChI is InChI=1S/C17H15F2NOS/c1-10-5-11(2)7-13(6-10)20-16(21)9-22-17(20)12-3-4-14(18)15(19)8-12/h3-8,17H,9H2,1-2H3/t17-/m0/s1. The lowest BCUT2D eigenvalue weighted by molar-refractivity contribution is -0.115. The van der Waals surface area contributed by atoms with E-state index in [1.54, 1.807) is 4.90 Å². The Hall–Kier alpha value is -1.88. The molecule has 2 aromatic carbocycles. The van der Waals surface area contributed by atoms with Gasteiger partial charge >= 0.3 is 0 Å². The Kier molecular flexibility index (Phi) is 3.91. The minimum absolute atomic E-state index is 0.0234. The van der Waals surface area contributed by atoms with Crippen molar-refractivity contribution in [3.8, 4) is 0 Å². The van der Waals surface area contributed by atoms with E-state index in [4.69, 9.17) is 0 Å². The van der Waals surface area contributed by atoms with Gasteiger partial charge in [-0.15, -0.1) is 11.8 Å². The molecule has 3 rings (SSSR count). The molecule has 0 bridgehead atoms. The molecule has 0 N–H and O–H groups in total. The molecular weight excluding hydrogens is 304 g/mol. The number of anilines is 1. The largest absolute Gasteiger partial charge is 0.295 e. The molecule has 5 heteroatoms. The number of rotatable bonds is 2. The topological polar surface area (TPSA) is 20.3 Å². The smallest absolute Gasteiger partial charge is 0.238 e. The Morgan fingerprint density at radius 3 is 2.36 bits per heavy atom. The Labute approximate surface area is 132 Å². The van der Waals surface area contributed by atoms with Gasteiger partial charge in [0, 0.05) is 5.69 Å². The highest BCUT2D eigenvalue weighted by molar-refractivity contribution is 8.00. The van der Waals surface area contributed by atoms with E-state index < -0.39 is 11.6 Å². The third-order valence-corrected chi connectivity index (χ3v) is 4.79. The summed E-state index contributed by atoms with van der Waals surface area (Å²) < 4.78 is 26.6. The Balaban J connectivity index is 2.03. The summed E-state index contributed by atoms with van der Waals surface area (Å²) in [5.41, 5.74) is 3.50. The first-order chi connectivity index (χ1) is 10.5. The quantitative estimate of drug-likeness (QED) is 0.820. The number of hydrogen-bond donors (Lipinski definition) is 0. The SMILES string of the molecule is Cc1cc(C)cc(N2C(=O)CS[C@H]2c2ccc(F)c(F)c2)c1. The molecular formula is C17H15F2NOS. The van der Waals surface area contributed by atoms with E-state index in [1.807, 2.05) is 32.0 Å². The molecule has 1 aliphatic rings. The van der Waals surface area contributed by atoms with Crippen molar-refractivity contribution in [2.75, 3.05) is 10.7 Å². The van der Waals surface area contributed by atoms with Crippen LogP contribution < -0.4 is 4.90 Å². The van der Waals surface area contributed by atoms with Crippen molar-refractivity contribution in [3.63, 3.8) is 0 Å². The lowest BCUT2D eigenvalue weighted by Crippen LogP contribution is -2.28. The van der Waals surface area contributed by atoms with Gasteiger partial charge in [0.05, 0.1) is 5.75 Å². The fourth-order valence-electron chi connectivity index (χ4n) is 2.71. The van der Waals surface area contributed by atoms with E-state index in [0.717, 1.165) is 22.9 Å². The van der Waals surface area contributed by atoms with Crippen LogP contribution in [0.5, 0.6) is 0 Å². The van der Waals surface area contributed by atoms with E-state index in [2.05, 4.69) is 0 Å². The van der Waals surface area contributed by atoms with E-state index >= 15 is 0 Å². The summed E-state index contributed by atoms with van der Waals surface area (Å²) in [5, 5.41) is -0.330. The maximum atomic E-state index is 13.5. The lowest BCUT2D eigenvalue weighted by Gasteiger charge is -2.25. The van der Waals surface area contributed by atoms with Gasteiger partial charge in [0.1, 0.15) is 5.37 Å². The summed E-state index contributed by atoms with van der Waals surface area (Å²) in [5.74, 6) is -1.46. The van der Waals surface area contributed by atoms with Crippen LogP contribution in [0.2, 0.25) is 0 Å². The summed E-state index contributed by atoms with van der Waals surface area (Å²) in [6.07, 6.45) is 0. The molecule has 22 heavy (non-hydrogen) atoms. The van der Waals surface area contributed by atoms with Gasteiger partial charge in [0.15, 0.2) is 11.6 Å². The number of thioether (sulfide) groups is 1. The summed E-state index contributed by atoms with van der Waals surface area (Å²) in [6.45, 7) is 3.94. The minimum atomic E-state index is -0.891. The molecule has 0 spiro atoms.